The lowest BCUT2D eigenvalue weighted by Gasteiger charge is -2.25. The highest BCUT2D eigenvalue weighted by molar-refractivity contribution is 8.04. The Morgan fingerprint density at radius 2 is 1.59 bits per heavy atom. The Labute approximate surface area is 251 Å². The number of rotatable bonds is 9. The standard InChI is InChI=1S/C25H25N5O5S2.C2HF3O2/c1-36(32,33)30(37(2,34)35)25(31)24(15-18-6-5-7-19(14-18)17-28-27)29-22-12-10-20(11-13-22)23-9-4-3-8-21(23)16-26;3-2(4,5)1(6)7/h3-14,17,24,29H,15,27H2,1-2H3;(H,6,7)/t24-;/m0./s1. The summed E-state index contributed by atoms with van der Waals surface area (Å²) in [6, 6.07) is 21.6. The predicted octanol–water partition coefficient (Wildman–Crippen LogP) is 2.92. The van der Waals surface area contributed by atoms with Gasteiger partial charge in [-0.2, -0.15) is 23.5 Å². The Morgan fingerprint density at radius 1 is 1.02 bits per heavy atom. The molecule has 4 N–H and O–H groups in total. The molecule has 44 heavy (non-hydrogen) atoms. The van der Waals surface area contributed by atoms with E-state index in [9.17, 15) is 40.1 Å². The molecule has 0 saturated heterocycles. The van der Waals surface area contributed by atoms with Crippen molar-refractivity contribution in [3.63, 3.8) is 0 Å². The number of aliphatic carboxylic acids is 1. The topological polar surface area (TPSA) is 200 Å². The Morgan fingerprint density at radius 3 is 2.09 bits per heavy atom. The monoisotopic (exact) mass is 653 g/mol. The van der Waals surface area contributed by atoms with E-state index < -0.39 is 44.1 Å². The molecule has 3 rings (SSSR count). The van der Waals surface area contributed by atoms with Crippen molar-refractivity contribution in [3.8, 4) is 17.2 Å². The minimum absolute atomic E-state index is 0.0361. The summed E-state index contributed by atoms with van der Waals surface area (Å²) in [6.45, 7) is 0. The van der Waals surface area contributed by atoms with E-state index in [0.717, 1.165) is 11.1 Å². The minimum atomic E-state index is -5.08. The molecule has 0 aliphatic carbocycles. The molecule has 1 atom stereocenters. The van der Waals surface area contributed by atoms with Crippen LogP contribution >= 0.6 is 0 Å². The second-order valence-corrected chi connectivity index (χ2v) is 12.9. The first kappa shape index (κ1) is 35.2. The molecule has 0 bridgehead atoms. The summed E-state index contributed by atoms with van der Waals surface area (Å²) in [4.78, 5) is 22.2. The molecule has 234 valence electrons. The van der Waals surface area contributed by atoms with Crippen LogP contribution in [0.5, 0.6) is 0 Å². The van der Waals surface area contributed by atoms with Crippen LogP contribution in [0.1, 0.15) is 16.7 Å². The Hall–Kier alpha value is -4.95. The van der Waals surface area contributed by atoms with Gasteiger partial charge in [-0.25, -0.2) is 21.6 Å². The molecule has 17 heteroatoms. The first-order chi connectivity index (χ1) is 20.4. The highest BCUT2D eigenvalue weighted by Gasteiger charge is 2.38. The van der Waals surface area contributed by atoms with Crippen LogP contribution in [0.25, 0.3) is 11.1 Å². The van der Waals surface area contributed by atoms with E-state index in [1.165, 1.54) is 6.21 Å². The number of hydrazone groups is 1. The second kappa shape index (κ2) is 14.5. The normalized spacial score (nSPS) is 12.4. The number of sulfonamides is 2. The van der Waals surface area contributed by atoms with Crippen LogP contribution in [0.4, 0.5) is 18.9 Å². The molecule has 1 amide bonds. The summed E-state index contributed by atoms with van der Waals surface area (Å²) in [5.74, 6) is 1.31. The number of halogens is 3. The van der Waals surface area contributed by atoms with Crippen molar-refractivity contribution < 1.29 is 44.7 Å². The molecule has 0 spiro atoms. The van der Waals surface area contributed by atoms with Crippen LogP contribution < -0.4 is 11.2 Å². The van der Waals surface area contributed by atoms with Gasteiger partial charge in [-0.1, -0.05) is 54.6 Å². The van der Waals surface area contributed by atoms with Gasteiger partial charge in [0.15, 0.2) is 0 Å². The fourth-order valence-electron chi connectivity index (χ4n) is 3.80. The van der Waals surface area contributed by atoms with E-state index in [1.54, 1.807) is 66.7 Å². The molecule has 0 fully saturated rings. The lowest BCUT2D eigenvalue weighted by atomic mass is 10.00. The fraction of sp³-hybridized carbons (Fsp3) is 0.185. The van der Waals surface area contributed by atoms with Crippen molar-refractivity contribution in [2.24, 2.45) is 10.9 Å². The highest BCUT2D eigenvalue weighted by Crippen LogP contribution is 2.26. The Balaban J connectivity index is 0.000000860. The Kier molecular flexibility index (Phi) is 11.6. The third kappa shape index (κ3) is 10.1. The van der Waals surface area contributed by atoms with Gasteiger partial charge < -0.3 is 16.3 Å². The van der Waals surface area contributed by atoms with Gasteiger partial charge in [0.2, 0.25) is 20.0 Å². The quantitative estimate of drug-likeness (QED) is 0.175. The van der Waals surface area contributed by atoms with E-state index in [4.69, 9.17) is 15.7 Å². The van der Waals surface area contributed by atoms with E-state index in [1.807, 2.05) is 6.07 Å². The number of hydrogen-bond acceptors (Lipinski definition) is 10. The average Bonchev–Trinajstić information content (AvgIpc) is 2.92. The van der Waals surface area contributed by atoms with E-state index >= 15 is 0 Å². The fourth-order valence-corrected chi connectivity index (χ4v) is 6.68. The number of carbonyl (C=O) groups excluding carboxylic acids is 1. The van der Waals surface area contributed by atoms with E-state index in [2.05, 4.69) is 16.5 Å². The van der Waals surface area contributed by atoms with Gasteiger partial charge in [0.05, 0.1) is 30.4 Å². The number of carbonyl (C=O) groups is 2. The van der Waals surface area contributed by atoms with E-state index in [0.29, 0.717) is 34.9 Å². The molecule has 0 radical (unpaired) electrons. The molecular weight excluding hydrogens is 627 g/mol. The molecule has 0 unspecified atom stereocenters. The number of hydrogen-bond donors (Lipinski definition) is 3. The number of nitrogens with one attached hydrogen (secondary N) is 1. The molecule has 0 heterocycles. The number of carboxylic acids is 1. The molecule has 3 aromatic carbocycles. The van der Waals surface area contributed by atoms with Crippen molar-refractivity contribution >= 4 is 43.8 Å². The van der Waals surface area contributed by atoms with Crippen molar-refractivity contribution in [2.45, 2.75) is 18.6 Å². The largest absolute Gasteiger partial charge is 0.490 e. The van der Waals surface area contributed by atoms with Crippen LogP contribution in [-0.4, -0.2) is 68.5 Å². The van der Waals surface area contributed by atoms with Crippen LogP contribution in [0.15, 0.2) is 77.9 Å². The van der Waals surface area contributed by atoms with Gasteiger partial charge in [0, 0.05) is 12.1 Å². The predicted molar refractivity (Wildman–Crippen MR) is 156 cm³/mol. The number of nitrogens with zero attached hydrogens (tertiary/aromatic N) is 3. The number of nitriles is 1. The lowest BCUT2D eigenvalue weighted by molar-refractivity contribution is -0.192. The van der Waals surface area contributed by atoms with Gasteiger partial charge in [0.1, 0.15) is 6.04 Å². The van der Waals surface area contributed by atoms with Gasteiger partial charge >= 0.3 is 12.1 Å². The number of amides is 1. The van der Waals surface area contributed by atoms with E-state index in [-0.39, 0.29) is 10.1 Å². The maximum Gasteiger partial charge on any atom is 0.490 e. The SMILES string of the molecule is CS(=O)(=O)N(C(=O)[C@H](Cc1cccc(C=NN)c1)Nc1ccc(-c2ccccc2C#N)cc1)S(C)(=O)=O.O=C(O)C(F)(F)F. The maximum atomic E-state index is 13.4. The highest BCUT2D eigenvalue weighted by atomic mass is 32.3. The van der Waals surface area contributed by atoms with Crippen LogP contribution in [0, 0.1) is 11.3 Å². The van der Waals surface area contributed by atoms with Gasteiger partial charge in [-0.15, -0.1) is 3.71 Å². The average molecular weight is 654 g/mol. The summed E-state index contributed by atoms with van der Waals surface area (Å²) in [5.41, 5.74) is 3.68. The zero-order chi connectivity index (χ0) is 33.3. The van der Waals surface area contributed by atoms with Gasteiger partial charge in [-0.05, 0) is 40.5 Å². The number of nitrogens with two attached hydrogens (primary N) is 1. The summed E-state index contributed by atoms with van der Waals surface area (Å²) in [6.07, 6.45) is -2.40. The third-order valence-corrected chi connectivity index (χ3v) is 8.71. The smallest absolute Gasteiger partial charge is 0.475 e. The first-order valence-electron chi connectivity index (χ1n) is 12.1. The number of anilines is 1. The zero-order valence-electron chi connectivity index (χ0n) is 23.1. The minimum Gasteiger partial charge on any atom is -0.475 e. The van der Waals surface area contributed by atoms with Crippen LogP contribution in [0.3, 0.4) is 0 Å². The summed E-state index contributed by atoms with van der Waals surface area (Å²) in [5, 5.41) is 22.9. The zero-order valence-corrected chi connectivity index (χ0v) is 24.7. The maximum absolute atomic E-state index is 13.4. The molecular formula is C27H26F3N5O7S2. The first-order valence-corrected chi connectivity index (χ1v) is 15.8. The number of benzene rings is 3. The third-order valence-electron chi connectivity index (χ3n) is 5.52. The Bertz CT molecular complexity index is 1760. The second-order valence-electron chi connectivity index (χ2n) is 9.02. The lowest BCUT2D eigenvalue weighted by Crippen LogP contribution is -2.49. The summed E-state index contributed by atoms with van der Waals surface area (Å²) >= 11 is 0. The van der Waals surface area contributed by atoms with Crippen molar-refractivity contribution in [1.29, 1.82) is 5.26 Å². The molecule has 12 nitrogen and oxygen atoms in total. The van der Waals surface area contributed by atoms with Crippen molar-refractivity contribution in [3.05, 3.63) is 89.5 Å². The van der Waals surface area contributed by atoms with Crippen molar-refractivity contribution in [2.75, 3.05) is 17.8 Å². The molecule has 3 aromatic rings. The summed E-state index contributed by atoms with van der Waals surface area (Å²) < 4.78 is 80.7. The van der Waals surface area contributed by atoms with Gasteiger partial charge in [0.25, 0.3) is 5.91 Å². The summed E-state index contributed by atoms with van der Waals surface area (Å²) in [7, 11) is -8.86. The number of alkyl halides is 3. The molecule has 0 aromatic heterocycles. The molecule has 0 saturated carbocycles. The van der Waals surface area contributed by atoms with Crippen LogP contribution in [-0.2, 0) is 36.1 Å². The molecule has 0 aliphatic heterocycles. The molecule has 0 aliphatic rings. The number of carboxylic acid groups (broad SMARTS) is 1. The van der Waals surface area contributed by atoms with Crippen LogP contribution in [0.2, 0.25) is 0 Å². The van der Waals surface area contributed by atoms with Crippen molar-refractivity contribution in [1.82, 2.24) is 3.71 Å². The van der Waals surface area contributed by atoms with Gasteiger partial charge in [-0.3, -0.25) is 4.79 Å².